The Bertz CT molecular complexity index is 1350. The second kappa shape index (κ2) is 11.9. The van der Waals surface area contributed by atoms with E-state index < -0.39 is 10.0 Å². The van der Waals surface area contributed by atoms with Gasteiger partial charge in [0.25, 0.3) is 5.91 Å². The molecule has 0 aromatic heterocycles. The third kappa shape index (κ3) is 6.11. The van der Waals surface area contributed by atoms with Gasteiger partial charge in [0.2, 0.25) is 10.0 Å². The van der Waals surface area contributed by atoms with Crippen LogP contribution in [0.15, 0.2) is 71.6 Å². The number of carbonyl (C=O) groups excluding carboxylic acids is 1. The van der Waals surface area contributed by atoms with Crippen LogP contribution < -0.4 is 14.4 Å². The third-order valence-corrected chi connectivity index (χ3v) is 8.55. The second-order valence-electron chi connectivity index (χ2n) is 9.31. The number of benzene rings is 3. The van der Waals surface area contributed by atoms with Gasteiger partial charge in [-0.1, -0.05) is 17.7 Å². The van der Waals surface area contributed by atoms with Gasteiger partial charge < -0.3 is 19.3 Å². The lowest BCUT2D eigenvalue weighted by atomic mass is 10.1. The van der Waals surface area contributed by atoms with Gasteiger partial charge in [0, 0.05) is 56.6 Å². The van der Waals surface area contributed by atoms with Crippen LogP contribution in [-0.2, 0) is 16.6 Å². The molecule has 0 radical (unpaired) electrons. The van der Waals surface area contributed by atoms with Gasteiger partial charge in [0.05, 0.1) is 18.6 Å². The lowest BCUT2D eigenvalue weighted by Gasteiger charge is -2.36. The number of anilines is 1. The second-order valence-corrected chi connectivity index (χ2v) is 11.4. The molecule has 0 bridgehead atoms. The van der Waals surface area contributed by atoms with E-state index in [1.165, 1.54) is 11.4 Å². The number of carbonyl (C=O) groups is 1. The number of ether oxygens (including phenoxy) is 2. The molecule has 1 aliphatic heterocycles. The van der Waals surface area contributed by atoms with Gasteiger partial charge >= 0.3 is 0 Å². The fraction of sp³-hybridized carbons (Fsp3) is 0.345. The van der Waals surface area contributed by atoms with Crippen molar-refractivity contribution in [3.05, 3.63) is 83.4 Å². The van der Waals surface area contributed by atoms with E-state index in [0.29, 0.717) is 36.6 Å². The van der Waals surface area contributed by atoms with E-state index in [1.54, 1.807) is 49.6 Å². The molecule has 0 saturated carbocycles. The van der Waals surface area contributed by atoms with Crippen LogP contribution in [0.1, 0.15) is 28.4 Å². The first-order chi connectivity index (χ1) is 18.2. The quantitative estimate of drug-likeness (QED) is 0.407. The Kier molecular flexibility index (Phi) is 8.58. The zero-order valence-electron chi connectivity index (χ0n) is 22.4. The summed E-state index contributed by atoms with van der Waals surface area (Å²) in [5, 5.41) is 0. The zero-order chi connectivity index (χ0) is 27.3. The molecule has 38 heavy (non-hydrogen) atoms. The molecule has 1 aliphatic rings. The van der Waals surface area contributed by atoms with E-state index in [-0.39, 0.29) is 17.3 Å². The number of hydrogen-bond acceptors (Lipinski definition) is 6. The molecule has 3 aromatic rings. The summed E-state index contributed by atoms with van der Waals surface area (Å²) in [5.74, 6) is 1.30. The number of nitrogens with zero attached hydrogens (tertiary/aromatic N) is 3. The molecule has 1 saturated heterocycles. The summed E-state index contributed by atoms with van der Waals surface area (Å²) >= 11 is 0. The normalized spacial score (nSPS) is 14.0. The molecule has 1 amide bonds. The van der Waals surface area contributed by atoms with E-state index in [4.69, 9.17) is 9.47 Å². The summed E-state index contributed by atoms with van der Waals surface area (Å²) in [6, 6.07) is 19.9. The summed E-state index contributed by atoms with van der Waals surface area (Å²) in [6.07, 6.45) is 0. The lowest BCUT2D eigenvalue weighted by molar-refractivity contribution is 0.0746. The van der Waals surface area contributed by atoms with Gasteiger partial charge in [-0.05, 0) is 68.4 Å². The molecule has 202 valence electrons. The van der Waals surface area contributed by atoms with E-state index in [0.717, 1.165) is 30.1 Å². The molecule has 4 rings (SSSR count). The number of methoxy groups -OCH3 is 1. The average Bonchev–Trinajstić information content (AvgIpc) is 2.94. The van der Waals surface area contributed by atoms with E-state index in [2.05, 4.69) is 4.90 Å². The Balaban J connectivity index is 1.48. The molecule has 0 spiro atoms. The first-order valence-electron chi connectivity index (χ1n) is 12.7. The van der Waals surface area contributed by atoms with Crippen LogP contribution in [-0.4, -0.2) is 70.5 Å². The number of aryl methyl sites for hydroxylation is 1. The minimum absolute atomic E-state index is 0.0762. The van der Waals surface area contributed by atoms with Crippen molar-refractivity contribution >= 4 is 21.6 Å². The van der Waals surface area contributed by atoms with Crippen molar-refractivity contribution in [2.24, 2.45) is 0 Å². The largest absolute Gasteiger partial charge is 0.497 e. The molecule has 0 aliphatic carbocycles. The molecule has 8 nitrogen and oxygen atoms in total. The first kappa shape index (κ1) is 27.5. The van der Waals surface area contributed by atoms with Gasteiger partial charge in [0.15, 0.2) is 0 Å². The summed E-state index contributed by atoms with van der Waals surface area (Å²) in [4.78, 5) is 17.7. The molecule has 1 fully saturated rings. The molecular formula is C29H35N3O5S. The highest BCUT2D eigenvalue weighted by Gasteiger charge is 2.25. The van der Waals surface area contributed by atoms with Crippen molar-refractivity contribution in [2.75, 3.05) is 51.8 Å². The van der Waals surface area contributed by atoms with Crippen molar-refractivity contribution in [1.82, 2.24) is 9.21 Å². The molecule has 1 heterocycles. The van der Waals surface area contributed by atoms with Crippen molar-refractivity contribution in [2.45, 2.75) is 25.3 Å². The summed E-state index contributed by atoms with van der Waals surface area (Å²) < 4.78 is 38.6. The standard InChI is InChI=1S/C29H35N3O5S/c1-5-37-28-15-8-23(20-24(28)21-30(3)38(34,35)27-13-6-22(2)7-14-27)29(33)32-18-16-31(17-19-32)25-9-11-26(36-4)12-10-25/h6-15,20H,5,16-19,21H2,1-4H3. The SMILES string of the molecule is CCOc1ccc(C(=O)N2CCN(c3ccc(OC)cc3)CC2)cc1CN(C)S(=O)(=O)c1ccc(C)cc1. The Morgan fingerprint density at radius 1 is 0.947 bits per heavy atom. The highest BCUT2D eigenvalue weighted by Crippen LogP contribution is 2.26. The molecular weight excluding hydrogens is 502 g/mol. The third-order valence-electron chi connectivity index (χ3n) is 6.73. The highest BCUT2D eigenvalue weighted by molar-refractivity contribution is 7.89. The fourth-order valence-corrected chi connectivity index (χ4v) is 5.64. The maximum atomic E-state index is 13.4. The molecule has 0 unspecified atom stereocenters. The Morgan fingerprint density at radius 2 is 1.61 bits per heavy atom. The number of hydrogen-bond donors (Lipinski definition) is 0. The monoisotopic (exact) mass is 537 g/mol. The number of piperazine rings is 1. The van der Waals surface area contributed by atoms with Gasteiger partial charge in [-0.25, -0.2) is 8.42 Å². The number of amides is 1. The van der Waals surface area contributed by atoms with E-state index >= 15 is 0 Å². The Hall–Kier alpha value is -3.56. The summed E-state index contributed by atoms with van der Waals surface area (Å²) in [5.41, 5.74) is 3.25. The van der Waals surface area contributed by atoms with Crippen molar-refractivity contribution in [3.8, 4) is 11.5 Å². The zero-order valence-corrected chi connectivity index (χ0v) is 23.2. The van der Waals surface area contributed by atoms with Crippen LogP contribution in [0.2, 0.25) is 0 Å². The Morgan fingerprint density at radius 3 is 2.21 bits per heavy atom. The number of sulfonamides is 1. The fourth-order valence-electron chi connectivity index (χ4n) is 4.49. The van der Waals surface area contributed by atoms with Crippen LogP contribution in [0.4, 0.5) is 5.69 Å². The molecule has 9 heteroatoms. The average molecular weight is 538 g/mol. The van der Waals surface area contributed by atoms with Crippen LogP contribution in [0.3, 0.4) is 0 Å². The van der Waals surface area contributed by atoms with Gasteiger partial charge in [-0.15, -0.1) is 0 Å². The van der Waals surface area contributed by atoms with Gasteiger partial charge in [-0.2, -0.15) is 4.31 Å². The van der Waals surface area contributed by atoms with Crippen LogP contribution in [0.25, 0.3) is 0 Å². The summed E-state index contributed by atoms with van der Waals surface area (Å²) in [7, 11) is -0.522. The highest BCUT2D eigenvalue weighted by atomic mass is 32.2. The predicted octanol–water partition coefficient (Wildman–Crippen LogP) is 4.19. The minimum Gasteiger partial charge on any atom is -0.497 e. The lowest BCUT2D eigenvalue weighted by Crippen LogP contribution is -2.48. The first-order valence-corrected chi connectivity index (χ1v) is 14.1. The maximum absolute atomic E-state index is 13.4. The van der Waals surface area contributed by atoms with Crippen molar-refractivity contribution in [3.63, 3.8) is 0 Å². The van der Waals surface area contributed by atoms with Crippen LogP contribution in [0.5, 0.6) is 11.5 Å². The van der Waals surface area contributed by atoms with E-state index in [9.17, 15) is 13.2 Å². The van der Waals surface area contributed by atoms with Crippen molar-refractivity contribution in [1.29, 1.82) is 0 Å². The topological polar surface area (TPSA) is 79.4 Å². The maximum Gasteiger partial charge on any atom is 0.253 e. The van der Waals surface area contributed by atoms with Crippen LogP contribution >= 0.6 is 0 Å². The van der Waals surface area contributed by atoms with Gasteiger partial charge in [-0.3, -0.25) is 4.79 Å². The molecule has 0 atom stereocenters. The number of rotatable bonds is 9. The Labute approximate surface area is 225 Å². The predicted molar refractivity (Wildman–Crippen MR) is 149 cm³/mol. The van der Waals surface area contributed by atoms with Crippen molar-refractivity contribution < 1.29 is 22.7 Å². The van der Waals surface area contributed by atoms with Gasteiger partial charge in [0.1, 0.15) is 11.5 Å². The van der Waals surface area contributed by atoms with E-state index in [1.807, 2.05) is 43.0 Å². The molecule has 0 N–H and O–H groups in total. The molecule has 3 aromatic carbocycles. The smallest absolute Gasteiger partial charge is 0.253 e. The minimum atomic E-state index is -3.71. The van der Waals surface area contributed by atoms with Crippen LogP contribution in [0, 0.1) is 6.92 Å². The summed E-state index contributed by atoms with van der Waals surface area (Å²) in [6.45, 7) is 6.93.